The van der Waals surface area contributed by atoms with E-state index in [1.54, 1.807) is 4.90 Å². The molecule has 0 radical (unpaired) electrons. The molecule has 1 aliphatic heterocycles. The molecule has 1 amide bonds. The Balaban J connectivity index is 1.71. The zero-order valence-corrected chi connectivity index (χ0v) is 20.0. The summed E-state index contributed by atoms with van der Waals surface area (Å²) in [6.45, 7) is 0.639. The molecule has 2 heterocycles. The second-order valence-electron chi connectivity index (χ2n) is 8.53. The van der Waals surface area contributed by atoms with Gasteiger partial charge in [-0.1, -0.05) is 0 Å². The number of anilines is 1. The Bertz CT molecular complexity index is 1410. The lowest BCUT2D eigenvalue weighted by molar-refractivity contribution is -0.140. The first-order valence-corrected chi connectivity index (χ1v) is 11.4. The Labute approximate surface area is 214 Å². The molecule has 0 spiro atoms. The third-order valence-corrected chi connectivity index (χ3v) is 6.10. The number of carbonyl (C=O) groups is 1. The van der Waals surface area contributed by atoms with E-state index >= 15 is 0 Å². The van der Waals surface area contributed by atoms with E-state index in [0.717, 1.165) is 25.3 Å². The van der Waals surface area contributed by atoms with Gasteiger partial charge in [0.1, 0.15) is 17.5 Å². The molecule has 0 aliphatic carbocycles. The van der Waals surface area contributed by atoms with Crippen LogP contribution in [0.4, 0.5) is 27.6 Å². The molecule has 0 bridgehead atoms. The van der Waals surface area contributed by atoms with E-state index in [1.165, 1.54) is 24.3 Å². The highest BCUT2D eigenvalue weighted by atomic mass is 19.4. The van der Waals surface area contributed by atoms with Crippen molar-refractivity contribution in [3.63, 3.8) is 0 Å². The Morgan fingerprint density at radius 2 is 1.82 bits per heavy atom. The highest BCUT2D eigenvalue weighted by molar-refractivity contribution is 5.97. The second kappa shape index (κ2) is 10.5. The minimum absolute atomic E-state index is 0.0259. The molecule has 0 saturated carbocycles. The van der Waals surface area contributed by atoms with Crippen LogP contribution < -0.4 is 20.1 Å². The van der Waals surface area contributed by atoms with Gasteiger partial charge in [-0.05, 0) is 36.4 Å². The number of hydrogen-bond donors (Lipinski definition) is 1. The summed E-state index contributed by atoms with van der Waals surface area (Å²) in [6.07, 6.45) is -4.56. The quantitative estimate of drug-likeness (QED) is 0.445. The molecule has 4 rings (SSSR count). The summed E-state index contributed by atoms with van der Waals surface area (Å²) in [7, 11) is 1.07. The molecule has 1 aliphatic rings. The second-order valence-corrected chi connectivity index (χ2v) is 8.53. The summed E-state index contributed by atoms with van der Waals surface area (Å²) in [5.41, 5.74) is 3.76. The average Bonchev–Trinajstić information content (AvgIpc) is 2.89. The number of nitrogens with zero attached hydrogens (tertiary/aromatic N) is 3. The van der Waals surface area contributed by atoms with Gasteiger partial charge in [-0.25, -0.2) is 13.8 Å². The fraction of sp³-hybridized carbons (Fsp3) is 0.269. The maximum absolute atomic E-state index is 14.1. The van der Waals surface area contributed by atoms with E-state index in [-0.39, 0.29) is 22.4 Å². The molecule has 198 valence electrons. The molecular weight excluding hydrogens is 511 g/mol. The summed E-state index contributed by atoms with van der Waals surface area (Å²) in [5.74, 6) is -3.27. The van der Waals surface area contributed by atoms with E-state index in [4.69, 9.17) is 15.2 Å². The standard InChI is InChI=1S/C26H21F5N4O3/c1-37-25-19(24(33)36)12-18(23(34-25)26(29,30)31)17-10-14(13-32)2-4-21(17)35-8-6-16(7-9-35)38-22-5-3-15(27)11-20(22)28/h2-5,10-12,16H,6-9H2,1H3,(H2,33,36). The number of aromatic nitrogens is 1. The summed E-state index contributed by atoms with van der Waals surface area (Å²) in [5, 5.41) is 9.41. The Hall–Kier alpha value is -4.40. The molecule has 0 unspecified atom stereocenters. The van der Waals surface area contributed by atoms with Crippen molar-refractivity contribution in [2.24, 2.45) is 5.73 Å². The number of benzene rings is 2. The summed E-state index contributed by atoms with van der Waals surface area (Å²) >= 11 is 0. The number of nitriles is 1. The third-order valence-electron chi connectivity index (χ3n) is 6.10. The van der Waals surface area contributed by atoms with Gasteiger partial charge in [-0.2, -0.15) is 18.4 Å². The number of rotatable bonds is 6. The van der Waals surface area contributed by atoms with Crippen LogP contribution in [0.2, 0.25) is 0 Å². The highest BCUT2D eigenvalue weighted by Gasteiger charge is 2.38. The maximum atomic E-state index is 14.1. The molecule has 7 nitrogen and oxygen atoms in total. The van der Waals surface area contributed by atoms with Gasteiger partial charge in [-0.3, -0.25) is 4.79 Å². The van der Waals surface area contributed by atoms with Crippen LogP contribution in [0, 0.1) is 23.0 Å². The van der Waals surface area contributed by atoms with Crippen molar-refractivity contribution < 1.29 is 36.2 Å². The van der Waals surface area contributed by atoms with Crippen molar-refractivity contribution in [3.05, 3.63) is 70.9 Å². The number of methoxy groups -OCH3 is 1. The first kappa shape index (κ1) is 26.7. The number of pyridine rings is 1. The number of alkyl halides is 3. The lowest BCUT2D eigenvalue weighted by Crippen LogP contribution is -2.38. The van der Waals surface area contributed by atoms with Crippen molar-refractivity contribution in [3.8, 4) is 28.8 Å². The lowest BCUT2D eigenvalue weighted by atomic mass is 9.95. The van der Waals surface area contributed by atoms with Crippen molar-refractivity contribution in [2.75, 3.05) is 25.1 Å². The normalized spacial score (nSPS) is 14.2. The summed E-state index contributed by atoms with van der Waals surface area (Å²) in [4.78, 5) is 17.3. The van der Waals surface area contributed by atoms with Crippen molar-refractivity contribution in [1.29, 1.82) is 5.26 Å². The average molecular weight is 532 g/mol. The fourth-order valence-corrected chi connectivity index (χ4v) is 4.31. The third kappa shape index (κ3) is 5.46. The molecule has 38 heavy (non-hydrogen) atoms. The molecule has 1 saturated heterocycles. The van der Waals surface area contributed by atoms with Gasteiger partial charge in [0.05, 0.1) is 18.7 Å². The molecule has 2 N–H and O–H groups in total. The number of nitrogens with two attached hydrogens (primary N) is 1. The highest BCUT2D eigenvalue weighted by Crippen LogP contribution is 2.42. The lowest BCUT2D eigenvalue weighted by Gasteiger charge is -2.35. The van der Waals surface area contributed by atoms with Gasteiger partial charge in [-0.15, -0.1) is 0 Å². The van der Waals surface area contributed by atoms with E-state index in [2.05, 4.69) is 4.98 Å². The topological polar surface area (TPSA) is 101 Å². The number of ether oxygens (including phenoxy) is 2. The molecule has 2 aromatic carbocycles. The summed E-state index contributed by atoms with van der Waals surface area (Å²) < 4.78 is 79.9. The summed E-state index contributed by atoms with van der Waals surface area (Å²) in [6, 6.07) is 10.1. The minimum Gasteiger partial charge on any atom is -0.487 e. The van der Waals surface area contributed by atoms with Crippen LogP contribution in [0.3, 0.4) is 0 Å². The van der Waals surface area contributed by atoms with E-state index < -0.39 is 47.0 Å². The SMILES string of the molecule is COc1nc(C(F)(F)F)c(-c2cc(C#N)ccc2N2CCC(Oc3ccc(F)cc3F)CC2)cc1C(N)=O. The fourth-order valence-electron chi connectivity index (χ4n) is 4.31. The van der Waals surface area contributed by atoms with Crippen LogP contribution in [-0.4, -0.2) is 37.2 Å². The predicted molar refractivity (Wildman–Crippen MR) is 127 cm³/mol. The van der Waals surface area contributed by atoms with Gasteiger partial charge < -0.3 is 20.1 Å². The van der Waals surface area contributed by atoms with Gasteiger partial charge >= 0.3 is 6.18 Å². The van der Waals surface area contributed by atoms with Crippen LogP contribution in [0.5, 0.6) is 11.6 Å². The monoisotopic (exact) mass is 532 g/mol. The Morgan fingerprint density at radius 1 is 1.11 bits per heavy atom. The van der Waals surface area contributed by atoms with Crippen molar-refractivity contribution in [1.82, 2.24) is 4.98 Å². The minimum atomic E-state index is -4.92. The van der Waals surface area contributed by atoms with Crippen LogP contribution in [0.1, 0.15) is 34.5 Å². The van der Waals surface area contributed by atoms with Gasteiger partial charge in [0, 0.05) is 48.8 Å². The first-order chi connectivity index (χ1) is 18.0. The number of halogens is 5. The number of hydrogen-bond acceptors (Lipinski definition) is 6. The van der Waals surface area contributed by atoms with Gasteiger partial charge in [0.15, 0.2) is 17.3 Å². The Morgan fingerprint density at radius 3 is 2.39 bits per heavy atom. The molecular formula is C26H21F5N4O3. The molecule has 1 aromatic heterocycles. The first-order valence-electron chi connectivity index (χ1n) is 11.4. The predicted octanol–water partition coefficient (Wildman–Crippen LogP) is 5.07. The van der Waals surface area contributed by atoms with Gasteiger partial charge in [0.2, 0.25) is 5.88 Å². The largest absolute Gasteiger partial charge is 0.487 e. The number of amides is 1. The van der Waals surface area contributed by atoms with Crippen LogP contribution in [-0.2, 0) is 6.18 Å². The number of carbonyl (C=O) groups excluding carboxylic acids is 1. The molecule has 12 heteroatoms. The molecule has 1 fully saturated rings. The van der Waals surface area contributed by atoms with E-state index in [0.29, 0.717) is 31.6 Å². The van der Waals surface area contributed by atoms with Crippen LogP contribution >= 0.6 is 0 Å². The van der Waals surface area contributed by atoms with E-state index in [9.17, 15) is 32.0 Å². The van der Waals surface area contributed by atoms with E-state index in [1.807, 2.05) is 6.07 Å². The maximum Gasteiger partial charge on any atom is 0.434 e. The van der Waals surface area contributed by atoms with Crippen molar-refractivity contribution >= 4 is 11.6 Å². The van der Waals surface area contributed by atoms with Crippen LogP contribution in [0.25, 0.3) is 11.1 Å². The smallest absolute Gasteiger partial charge is 0.434 e. The Kier molecular flexibility index (Phi) is 7.39. The zero-order valence-electron chi connectivity index (χ0n) is 20.0. The number of piperidine rings is 1. The zero-order chi connectivity index (χ0) is 27.6. The van der Waals surface area contributed by atoms with Gasteiger partial charge in [0.25, 0.3) is 5.91 Å². The van der Waals surface area contributed by atoms with Crippen LogP contribution in [0.15, 0.2) is 42.5 Å². The molecule has 0 atom stereocenters. The number of primary amides is 1. The molecule has 3 aromatic rings. The van der Waals surface area contributed by atoms with Crippen molar-refractivity contribution in [2.45, 2.75) is 25.1 Å².